The molecule has 0 aliphatic carbocycles. The summed E-state index contributed by atoms with van der Waals surface area (Å²) in [6.07, 6.45) is -0.156. The molecule has 0 spiro atoms. The SMILES string of the molecule is CCOc1ccc(NC(=O)CCN(CCNc2cc(C)nc3ccc(I)cc23)S(=O)(=O)c2ccc(OC)cc2)c(N=O)c1. The molecule has 226 valence electrons. The lowest BCUT2D eigenvalue weighted by Crippen LogP contribution is -2.37. The number of pyridine rings is 1. The van der Waals surface area contributed by atoms with Crippen LogP contribution in [0.3, 0.4) is 0 Å². The summed E-state index contributed by atoms with van der Waals surface area (Å²) in [5.41, 5.74) is 2.73. The number of nitrogens with zero attached hydrogens (tertiary/aromatic N) is 3. The van der Waals surface area contributed by atoms with Crippen LogP contribution < -0.4 is 20.1 Å². The third-order valence-electron chi connectivity index (χ3n) is 6.51. The fraction of sp³-hybridized carbons (Fsp3) is 0.267. The first-order valence-electron chi connectivity index (χ1n) is 13.5. The molecule has 0 unspecified atom stereocenters. The zero-order valence-electron chi connectivity index (χ0n) is 24.0. The fourth-order valence-corrected chi connectivity index (χ4v) is 6.36. The maximum absolute atomic E-state index is 13.7. The summed E-state index contributed by atoms with van der Waals surface area (Å²) in [6, 6.07) is 18.5. The Morgan fingerprint density at radius 1 is 1.00 bits per heavy atom. The largest absolute Gasteiger partial charge is 0.497 e. The van der Waals surface area contributed by atoms with E-state index in [0.717, 1.165) is 25.9 Å². The summed E-state index contributed by atoms with van der Waals surface area (Å²) in [5.74, 6) is 0.504. The van der Waals surface area contributed by atoms with Gasteiger partial charge in [-0.1, -0.05) is 0 Å². The number of hydrogen-bond donors (Lipinski definition) is 2. The summed E-state index contributed by atoms with van der Waals surface area (Å²) >= 11 is 2.24. The van der Waals surface area contributed by atoms with Crippen LogP contribution >= 0.6 is 22.6 Å². The maximum atomic E-state index is 13.7. The molecule has 0 fully saturated rings. The number of fused-ring (bicyclic) bond motifs is 1. The van der Waals surface area contributed by atoms with Crippen molar-refractivity contribution >= 4 is 66.5 Å². The number of methoxy groups -OCH3 is 1. The first-order chi connectivity index (χ1) is 20.6. The third kappa shape index (κ3) is 8.18. The van der Waals surface area contributed by atoms with Crippen LogP contribution in [0, 0.1) is 15.4 Å². The van der Waals surface area contributed by atoms with E-state index in [1.165, 1.54) is 35.7 Å². The minimum absolute atomic E-state index is 0.0146. The van der Waals surface area contributed by atoms with Crippen LogP contribution in [0.4, 0.5) is 17.1 Å². The fourth-order valence-electron chi connectivity index (χ4n) is 4.43. The van der Waals surface area contributed by atoms with Gasteiger partial charge < -0.3 is 20.1 Å². The van der Waals surface area contributed by atoms with Crippen molar-refractivity contribution in [1.82, 2.24) is 9.29 Å². The second kappa shape index (κ2) is 14.6. The molecule has 4 rings (SSSR count). The molecule has 3 aromatic carbocycles. The number of carbonyl (C=O) groups is 1. The number of sulfonamides is 1. The molecule has 2 N–H and O–H groups in total. The molecule has 0 atom stereocenters. The van der Waals surface area contributed by atoms with Gasteiger partial charge in [-0.25, -0.2) is 8.42 Å². The highest BCUT2D eigenvalue weighted by Crippen LogP contribution is 2.30. The maximum Gasteiger partial charge on any atom is 0.243 e. The Kier molecular flexibility index (Phi) is 10.9. The van der Waals surface area contributed by atoms with Gasteiger partial charge in [0.2, 0.25) is 15.9 Å². The summed E-state index contributed by atoms with van der Waals surface area (Å²) < 4.78 is 40.3. The van der Waals surface area contributed by atoms with Crippen molar-refractivity contribution in [2.45, 2.75) is 25.2 Å². The lowest BCUT2D eigenvalue weighted by molar-refractivity contribution is -0.116. The highest BCUT2D eigenvalue weighted by atomic mass is 127. The number of benzene rings is 3. The number of nitrogens with one attached hydrogen (secondary N) is 2. The van der Waals surface area contributed by atoms with Crippen molar-refractivity contribution in [2.24, 2.45) is 5.18 Å². The van der Waals surface area contributed by atoms with Gasteiger partial charge >= 0.3 is 0 Å². The summed E-state index contributed by atoms with van der Waals surface area (Å²) in [7, 11) is -2.47. The van der Waals surface area contributed by atoms with E-state index in [0.29, 0.717) is 18.1 Å². The lowest BCUT2D eigenvalue weighted by atomic mass is 10.1. The Morgan fingerprint density at radius 2 is 1.74 bits per heavy atom. The second-order valence-corrected chi connectivity index (χ2v) is 12.7. The summed E-state index contributed by atoms with van der Waals surface area (Å²) in [5, 5.41) is 9.92. The molecule has 4 aromatic rings. The van der Waals surface area contributed by atoms with Crippen LogP contribution in [-0.4, -0.2) is 57.0 Å². The number of nitroso groups, excluding NO2 is 1. The number of aryl methyl sites for hydroxylation is 1. The number of rotatable bonds is 14. The molecule has 1 heterocycles. The molecule has 43 heavy (non-hydrogen) atoms. The normalized spacial score (nSPS) is 11.4. The molecule has 0 radical (unpaired) electrons. The number of ether oxygens (including phenoxy) is 2. The minimum atomic E-state index is -3.97. The van der Waals surface area contributed by atoms with E-state index in [4.69, 9.17) is 9.47 Å². The molecular weight excluding hydrogens is 685 g/mol. The monoisotopic (exact) mass is 717 g/mol. The van der Waals surface area contributed by atoms with Crippen molar-refractivity contribution in [3.05, 3.63) is 80.9 Å². The smallest absolute Gasteiger partial charge is 0.243 e. The Labute approximate surface area is 264 Å². The van der Waals surface area contributed by atoms with Crippen LogP contribution in [0.15, 0.2) is 76.8 Å². The lowest BCUT2D eigenvalue weighted by Gasteiger charge is -2.23. The molecule has 1 aromatic heterocycles. The Morgan fingerprint density at radius 3 is 2.44 bits per heavy atom. The predicted molar refractivity (Wildman–Crippen MR) is 176 cm³/mol. The molecule has 0 saturated heterocycles. The standard InChI is InChI=1S/C30H32IN5O6S/c1-4-42-23-8-12-27(29(19-23)35-38)34-30(37)13-15-36(43(39,40)24-9-6-22(41-3)7-10-24)16-14-32-28-17-20(2)33-26-11-5-21(31)18-25(26)28/h5-12,17-19H,4,13-16H2,1-3H3,(H,32,33)(H,34,37). The zero-order valence-corrected chi connectivity index (χ0v) is 26.9. The van der Waals surface area contributed by atoms with E-state index in [1.807, 2.05) is 38.1 Å². The third-order valence-corrected chi connectivity index (χ3v) is 9.10. The van der Waals surface area contributed by atoms with Gasteiger partial charge in [-0.2, -0.15) is 4.31 Å². The molecule has 0 bridgehead atoms. The van der Waals surface area contributed by atoms with Crippen LogP contribution in [0.2, 0.25) is 0 Å². The number of aromatic nitrogens is 1. The van der Waals surface area contributed by atoms with Gasteiger partial charge in [-0.05, 0) is 102 Å². The predicted octanol–water partition coefficient (Wildman–Crippen LogP) is 6.08. The minimum Gasteiger partial charge on any atom is -0.497 e. The molecule has 0 aliphatic heterocycles. The Balaban J connectivity index is 1.52. The molecule has 0 aliphatic rings. The van der Waals surface area contributed by atoms with Crippen molar-refractivity contribution in [3.8, 4) is 11.5 Å². The number of halogens is 1. The van der Waals surface area contributed by atoms with Gasteiger partial charge in [0.1, 0.15) is 17.2 Å². The van der Waals surface area contributed by atoms with Crippen LogP contribution in [-0.2, 0) is 14.8 Å². The second-order valence-electron chi connectivity index (χ2n) is 9.48. The van der Waals surface area contributed by atoms with Gasteiger partial charge in [0, 0.05) is 52.5 Å². The van der Waals surface area contributed by atoms with Gasteiger partial charge in [0.05, 0.1) is 29.8 Å². The van der Waals surface area contributed by atoms with Crippen molar-refractivity contribution in [3.63, 3.8) is 0 Å². The first kappa shape index (κ1) is 32.1. The average molecular weight is 718 g/mol. The van der Waals surface area contributed by atoms with Gasteiger partial charge in [-0.3, -0.25) is 9.78 Å². The number of anilines is 2. The van der Waals surface area contributed by atoms with Crippen molar-refractivity contribution in [2.75, 3.05) is 44.0 Å². The number of hydrogen-bond acceptors (Lipinski definition) is 9. The molecule has 11 nitrogen and oxygen atoms in total. The van der Waals surface area contributed by atoms with E-state index < -0.39 is 15.9 Å². The van der Waals surface area contributed by atoms with E-state index >= 15 is 0 Å². The van der Waals surface area contributed by atoms with Gasteiger partial charge in [0.25, 0.3) is 0 Å². The first-order valence-corrected chi connectivity index (χ1v) is 16.0. The Hall–Kier alpha value is -3.82. The number of carbonyl (C=O) groups excluding carboxylic acids is 1. The van der Waals surface area contributed by atoms with Crippen molar-refractivity contribution in [1.29, 1.82) is 0 Å². The molecule has 0 saturated carbocycles. The molecule has 13 heteroatoms. The highest BCUT2D eigenvalue weighted by molar-refractivity contribution is 14.1. The molecular formula is C30H32IN5O6S. The van der Waals surface area contributed by atoms with Crippen LogP contribution in [0.25, 0.3) is 10.9 Å². The van der Waals surface area contributed by atoms with Crippen LogP contribution in [0.1, 0.15) is 19.0 Å². The highest BCUT2D eigenvalue weighted by Gasteiger charge is 2.25. The van der Waals surface area contributed by atoms with E-state index in [2.05, 4.69) is 43.4 Å². The topological polar surface area (TPSA) is 139 Å². The quantitative estimate of drug-likeness (QED) is 0.118. The van der Waals surface area contributed by atoms with Crippen LogP contribution in [0.5, 0.6) is 11.5 Å². The van der Waals surface area contributed by atoms with E-state index in [9.17, 15) is 18.1 Å². The zero-order chi connectivity index (χ0) is 31.0. The number of amides is 1. The Bertz CT molecular complexity index is 1720. The van der Waals surface area contributed by atoms with E-state index in [1.54, 1.807) is 18.2 Å². The average Bonchev–Trinajstić information content (AvgIpc) is 2.99. The van der Waals surface area contributed by atoms with Gasteiger partial charge in [-0.15, -0.1) is 4.91 Å². The van der Waals surface area contributed by atoms with E-state index in [-0.39, 0.29) is 42.3 Å². The summed E-state index contributed by atoms with van der Waals surface area (Å²) in [6.45, 7) is 4.38. The summed E-state index contributed by atoms with van der Waals surface area (Å²) in [4.78, 5) is 28.9. The molecule has 1 amide bonds. The van der Waals surface area contributed by atoms with Crippen molar-refractivity contribution < 1.29 is 22.7 Å². The van der Waals surface area contributed by atoms with Gasteiger partial charge in [0.15, 0.2) is 0 Å².